The van der Waals surface area contributed by atoms with Gasteiger partial charge in [-0.3, -0.25) is 4.79 Å². The number of amides is 1. The molecule has 0 saturated heterocycles. The number of fused-ring (bicyclic) bond motifs is 1. The molecule has 2 heterocycles. The molecule has 3 aromatic rings. The van der Waals surface area contributed by atoms with Crippen LogP contribution in [0.15, 0.2) is 17.5 Å². The summed E-state index contributed by atoms with van der Waals surface area (Å²) >= 11 is 1.21. The summed E-state index contributed by atoms with van der Waals surface area (Å²) < 4.78 is 22.5. The predicted octanol–water partition coefficient (Wildman–Crippen LogP) is 4.64. The second kappa shape index (κ2) is 12.0. The first-order chi connectivity index (χ1) is 18.6. The number of nitrogens with one attached hydrogen (secondary N) is 3. The van der Waals surface area contributed by atoms with Gasteiger partial charge in [0.25, 0.3) is 11.1 Å². The van der Waals surface area contributed by atoms with Gasteiger partial charge in [0.05, 0.1) is 21.3 Å². The topological polar surface area (TPSA) is 129 Å². The number of carbonyl (C=O) groups is 1. The van der Waals surface area contributed by atoms with Crippen LogP contribution in [0.3, 0.4) is 0 Å². The SMILES string of the molecule is COc1cc2c(cc1Oc1nc(C(=O)Nc3c(OC)nc(NCCNC(C)C)nc3OC)cs1)C(C)(C)CC2. The number of aryl methyl sites for hydroxylation is 1. The van der Waals surface area contributed by atoms with E-state index in [1.165, 1.54) is 36.7 Å². The fourth-order valence-electron chi connectivity index (χ4n) is 4.38. The highest BCUT2D eigenvalue weighted by atomic mass is 32.1. The van der Waals surface area contributed by atoms with Gasteiger partial charge in [0.2, 0.25) is 17.7 Å². The summed E-state index contributed by atoms with van der Waals surface area (Å²) in [6.07, 6.45) is 2.07. The number of carbonyl (C=O) groups excluding carboxylic acids is 1. The van der Waals surface area contributed by atoms with Crippen molar-refractivity contribution in [1.29, 1.82) is 0 Å². The molecule has 0 radical (unpaired) electrons. The second-order valence-corrected chi connectivity index (χ2v) is 10.9. The van der Waals surface area contributed by atoms with Gasteiger partial charge < -0.3 is 34.9 Å². The molecule has 0 aliphatic heterocycles. The van der Waals surface area contributed by atoms with Crippen LogP contribution in [0.25, 0.3) is 0 Å². The van der Waals surface area contributed by atoms with Crippen molar-refractivity contribution in [3.8, 4) is 28.5 Å². The van der Waals surface area contributed by atoms with E-state index in [1.807, 2.05) is 12.1 Å². The Kier molecular flexibility index (Phi) is 8.76. The van der Waals surface area contributed by atoms with Crippen LogP contribution in [-0.2, 0) is 11.8 Å². The third-order valence-corrected chi connectivity index (χ3v) is 7.20. The molecule has 0 atom stereocenters. The van der Waals surface area contributed by atoms with Crippen LogP contribution < -0.4 is 34.9 Å². The van der Waals surface area contributed by atoms with E-state index in [1.54, 1.807) is 12.5 Å². The molecular weight excluding hydrogens is 520 g/mol. The monoisotopic (exact) mass is 556 g/mol. The average molecular weight is 557 g/mol. The lowest BCUT2D eigenvalue weighted by Crippen LogP contribution is -2.28. The quantitative estimate of drug-likeness (QED) is 0.271. The van der Waals surface area contributed by atoms with Crippen LogP contribution in [0.1, 0.15) is 55.7 Å². The average Bonchev–Trinajstić information content (AvgIpc) is 3.50. The first-order valence-corrected chi connectivity index (χ1v) is 13.7. The van der Waals surface area contributed by atoms with Gasteiger partial charge in [0.15, 0.2) is 17.2 Å². The van der Waals surface area contributed by atoms with Crippen molar-refractivity contribution in [3.63, 3.8) is 0 Å². The highest BCUT2D eigenvalue weighted by molar-refractivity contribution is 7.11. The van der Waals surface area contributed by atoms with Crippen molar-refractivity contribution in [2.45, 2.75) is 52.0 Å². The van der Waals surface area contributed by atoms with Crippen LogP contribution in [0, 0.1) is 0 Å². The lowest BCUT2D eigenvalue weighted by atomic mass is 9.86. The van der Waals surface area contributed by atoms with Crippen molar-refractivity contribution >= 4 is 28.9 Å². The minimum Gasteiger partial charge on any atom is -0.493 e. The molecule has 4 rings (SSSR count). The van der Waals surface area contributed by atoms with Crippen molar-refractivity contribution in [2.24, 2.45) is 0 Å². The smallest absolute Gasteiger partial charge is 0.279 e. The summed E-state index contributed by atoms with van der Waals surface area (Å²) in [4.78, 5) is 26.2. The Balaban J connectivity index is 1.49. The normalized spacial score (nSPS) is 13.6. The largest absolute Gasteiger partial charge is 0.493 e. The molecule has 1 aliphatic carbocycles. The second-order valence-electron chi connectivity index (χ2n) is 10.1. The molecule has 0 fully saturated rings. The molecular formula is C27H36N6O5S. The van der Waals surface area contributed by atoms with E-state index in [4.69, 9.17) is 18.9 Å². The van der Waals surface area contributed by atoms with Gasteiger partial charge >= 0.3 is 0 Å². The number of anilines is 2. The Bertz CT molecular complexity index is 1300. The van der Waals surface area contributed by atoms with Crippen molar-refractivity contribution < 1.29 is 23.7 Å². The van der Waals surface area contributed by atoms with Crippen LogP contribution in [0.4, 0.5) is 11.6 Å². The molecule has 1 amide bonds. The Labute approximate surface area is 232 Å². The number of nitrogens with zero attached hydrogens (tertiary/aromatic N) is 3. The van der Waals surface area contributed by atoms with Crippen LogP contribution in [0.2, 0.25) is 0 Å². The number of aromatic nitrogens is 3. The molecule has 0 saturated carbocycles. The minimum atomic E-state index is -0.481. The van der Waals surface area contributed by atoms with Gasteiger partial charge in [-0.05, 0) is 41.5 Å². The van der Waals surface area contributed by atoms with E-state index < -0.39 is 5.91 Å². The molecule has 11 nitrogen and oxygen atoms in total. The Morgan fingerprint density at radius 2 is 1.74 bits per heavy atom. The summed E-state index contributed by atoms with van der Waals surface area (Å²) in [6.45, 7) is 9.92. The number of hydrogen-bond donors (Lipinski definition) is 3. The molecule has 3 N–H and O–H groups in total. The summed E-state index contributed by atoms with van der Waals surface area (Å²) in [5, 5.41) is 11.1. The van der Waals surface area contributed by atoms with Gasteiger partial charge in [-0.1, -0.05) is 39.0 Å². The van der Waals surface area contributed by atoms with Gasteiger partial charge in [0.1, 0.15) is 5.69 Å². The maximum absolute atomic E-state index is 13.1. The molecule has 0 bridgehead atoms. The summed E-state index contributed by atoms with van der Waals surface area (Å²) in [5.41, 5.74) is 2.93. The Hall–Kier alpha value is -3.64. The van der Waals surface area contributed by atoms with Crippen molar-refractivity contribution in [1.82, 2.24) is 20.3 Å². The van der Waals surface area contributed by atoms with Gasteiger partial charge in [-0.15, -0.1) is 0 Å². The zero-order chi connectivity index (χ0) is 28.2. The van der Waals surface area contributed by atoms with E-state index in [0.29, 0.717) is 35.2 Å². The van der Waals surface area contributed by atoms with Crippen LogP contribution >= 0.6 is 11.3 Å². The molecule has 2 aromatic heterocycles. The summed E-state index contributed by atoms with van der Waals surface area (Å²) in [5.74, 6) is 1.36. The van der Waals surface area contributed by atoms with E-state index in [9.17, 15) is 4.79 Å². The summed E-state index contributed by atoms with van der Waals surface area (Å²) in [6, 6.07) is 4.41. The Morgan fingerprint density at radius 3 is 2.38 bits per heavy atom. The van der Waals surface area contributed by atoms with Gasteiger partial charge in [-0.25, -0.2) is 0 Å². The third-order valence-electron chi connectivity index (χ3n) is 6.48. The van der Waals surface area contributed by atoms with Crippen molar-refractivity contribution in [2.75, 3.05) is 45.1 Å². The standard InChI is InChI=1S/C27H36N6O5S/c1-15(2)28-10-11-29-25-32-23(36-6)21(24(33-25)37-7)31-22(34)18-14-39-26(30-18)38-20-13-17-16(12-19(20)35-5)8-9-27(17,3)4/h12-15,28H,8-11H2,1-7H3,(H,31,34)(H,29,32,33). The van der Waals surface area contributed by atoms with E-state index in [2.05, 4.69) is 58.6 Å². The number of thiazole rings is 1. The lowest BCUT2D eigenvalue weighted by Gasteiger charge is -2.20. The van der Waals surface area contributed by atoms with Gasteiger partial charge in [-0.2, -0.15) is 15.0 Å². The van der Waals surface area contributed by atoms with Crippen LogP contribution in [-0.4, -0.2) is 61.3 Å². The third kappa shape index (κ3) is 6.51. The zero-order valence-electron chi connectivity index (χ0n) is 23.4. The molecule has 0 unspecified atom stereocenters. The number of hydrogen-bond acceptors (Lipinski definition) is 11. The fourth-order valence-corrected chi connectivity index (χ4v) is 5.04. The number of ether oxygens (including phenoxy) is 4. The van der Waals surface area contributed by atoms with E-state index in [-0.39, 0.29) is 28.6 Å². The number of rotatable bonds is 12. The van der Waals surface area contributed by atoms with Gasteiger partial charge in [0, 0.05) is 24.5 Å². The first kappa shape index (κ1) is 28.4. The molecule has 1 aromatic carbocycles. The molecule has 1 aliphatic rings. The van der Waals surface area contributed by atoms with E-state index in [0.717, 1.165) is 19.4 Å². The number of benzene rings is 1. The lowest BCUT2D eigenvalue weighted by molar-refractivity contribution is 0.102. The van der Waals surface area contributed by atoms with E-state index >= 15 is 0 Å². The molecule has 12 heteroatoms. The zero-order valence-corrected chi connectivity index (χ0v) is 24.2. The highest BCUT2D eigenvalue weighted by Crippen LogP contribution is 2.45. The number of methoxy groups -OCH3 is 3. The Morgan fingerprint density at radius 1 is 1.03 bits per heavy atom. The first-order valence-electron chi connectivity index (χ1n) is 12.8. The maximum atomic E-state index is 13.1. The van der Waals surface area contributed by atoms with Crippen LogP contribution in [0.5, 0.6) is 28.5 Å². The summed E-state index contributed by atoms with van der Waals surface area (Å²) in [7, 11) is 4.53. The predicted molar refractivity (Wildman–Crippen MR) is 151 cm³/mol. The highest BCUT2D eigenvalue weighted by Gasteiger charge is 2.31. The van der Waals surface area contributed by atoms with Crippen molar-refractivity contribution in [3.05, 3.63) is 34.3 Å². The minimum absolute atomic E-state index is 0.0594. The maximum Gasteiger partial charge on any atom is 0.279 e. The fraction of sp³-hybridized carbons (Fsp3) is 0.481. The molecule has 210 valence electrons. The molecule has 39 heavy (non-hydrogen) atoms. The molecule has 0 spiro atoms.